The highest BCUT2D eigenvalue weighted by Gasteiger charge is 2.31. The van der Waals surface area contributed by atoms with Crippen LogP contribution in [-0.2, 0) is 42.8 Å². The van der Waals surface area contributed by atoms with Gasteiger partial charge in [0.1, 0.15) is 5.69 Å². The molecule has 2 N–H and O–H groups in total. The molecule has 1 aromatic heterocycles. The summed E-state index contributed by atoms with van der Waals surface area (Å²) in [4.78, 5) is 25.2. The van der Waals surface area contributed by atoms with Crippen LogP contribution in [-0.4, -0.2) is 30.0 Å². The first-order valence-corrected chi connectivity index (χ1v) is 12.4. The summed E-state index contributed by atoms with van der Waals surface area (Å²) >= 11 is 0. The van der Waals surface area contributed by atoms with Gasteiger partial charge in [0.15, 0.2) is 10.8 Å². The number of fused-ring (bicyclic) bond motifs is 2. The fraction of sp³-hybridized carbons (Fsp3) is 0.500. The van der Waals surface area contributed by atoms with Crippen molar-refractivity contribution in [3.05, 3.63) is 40.1 Å². The Hall–Kier alpha value is -2.68. The number of rotatable bonds is 5. The maximum absolute atomic E-state index is 12.8. The molecule has 1 fully saturated rings. The highest BCUT2D eigenvalue weighted by molar-refractivity contribution is 7.90. The molecule has 3 aliphatic carbocycles. The van der Waals surface area contributed by atoms with E-state index in [2.05, 4.69) is 21.2 Å². The first kappa shape index (κ1) is 20.2. The summed E-state index contributed by atoms with van der Waals surface area (Å²) in [6.07, 6.45) is 8.48. The Balaban J connectivity index is 1.36. The van der Waals surface area contributed by atoms with Gasteiger partial charge in [-0.3, -0.25) is 9.48 Å². The van der Waals surface area contributed by atoms with Gasteiger partial charge in [-0.25, -0.2) is 9.52 Å². The summed E-state index contributed by atoms with van der Waals surface area (Å²) in [5, 5.41) is 6.48. The first-order chi connectivity index (χ1) is 14.8. The summed E-state index contributed by atoms with van der Waals surface area (Å²) in [6, 6.07) is 2.71. The Bertz CT molecular complexity index is 1160. The van der Waals surface area contributed by atoms with Crippen molar-refractivity contribution < 1.29 is 18.0 Å². The van der Waals surface area contributed by atoms with Gasteiger partial charge in [0.2, 0.25) is 0 Å². The molecular weight excluding hydrogens is 416 g/mol. The van der Waals surface area contributed by atoms with E-state index in [1.54, 1.807) is 7.05 Å². The third kappa shape index (κ3) is 3.54. The number of nitrogens with zero attached hydrogens (tertiary/aromatic N) is 2. The number of hydrogen-bond donors (Lipinski definition) is 2. The summed E-state index contributed by atoms with van der Waals surface area (Å²) in [5.74, 6) is -0.160. The van der Waals surface area contributed by atoms with Gasteiger partial charge in [-0.2, -0.15) is 13.5 Å². The van der Waals surface area contributed by atoms with Crippen molar-refractivity contribution in [2.24, 2.45) is 13.0 Å². The number of urea groups is 1. The van der Waals surface area contributed by atoms with Crippen LogP contribution < -0.4 is 10.0 Å². The van der Waals surface area contributed by atoms with Crippen molar-refractivity contribution in [1.29, 1.82) is 0 Å². The minimum Gasteiger partial charge on any atom is -0.307 e. The molecule has 5 rings (SSSR count). The molecule has 1 saturated carbocycles. The lowest BCUT2D eigenvalue weighted by molar-refractivity contribution is 0.0845. The Kier molecular flexibility index (Phi) is 4.88. The largest absolute Gasteiger partial charge is 0.333 e. The number of anilines is 1. The van der Waals surface area contributed by atoms with Crippen LogP contribution in [0, 0.1) is 5.92 Å². The monoisotopic (exact) mass is 442 g/mol. The van der Waals surface area contributed by atoms with Crippen molar-refractivity contribution in [1.82, 2.24) is 14.5 Å². The highest BCUT2D eigenvalue weighted by atomic mass is 32.2. The van der Waals surface area contributed by atoms with Crippen molar-refractivity contribution in [2.75, 3.05) is 5.32 Å². The molecule has 3 aliphatic rings. The molecule has 31 heavy (non-hydrogen) atoms. The van der Waals surface area contributed by atoms with E-state index in [0.29, 0.717) is 0 Å². The standard InChI is InChI=1S/C22H26N4O4S/c1-26-18(21(27)13-5-2-6-13)12-19(24-26)31(29,30)25-22(28)23-20-16-9-3-7-14(16)11-15-8-4-10-17(15)20/h11-13H,2-10H2,1H3,(H2,23,25,28). The molecule has 0 atom stereocenters. The number of ketones is 1. The zero-order chi connectivity index (χ0) is 21.8. The lowest BCUT2D eigenvalue weighted by atomic mass is 9.81. The highest BCUT2D eigenvalue weighted by Crippen LogP contribution is 2.38. The molecule has 164 valence electrons. The molecule has 8 nitrogen and oxygen atoms in total. The van der Waals surface area contributed by atoms with E-state index >= 15 is 0 Å². The van der Waals surface area contributed by atoms with E-state index in [4.69, 9.17) is 0 Å². The van der Waals surface area contributed by atoms with Crippen molar-refractivity contribution in [3.63, 3.8) is 0 Å². The van der Waals surface area contributed by atoms with E-state index < -0.39 is 16.1 Å². The van der Waals surface area contributed by atoms with Gasteiger partial charge in [-0.1, -0.05) is 12.5 Å². The van der Waals surface area contributed by atoms with Gasteiger partial charge in [0.25, 0.3) is 10.0 Å². The molecule has 0 bridgehead atoms. The average Bonchev–Trinajstić information content (AvgIpc) is 3.38. The second kappa shape index (κ2) is 7.47. The average molecular weight is 443 g/mol. The lowest BCUT2D eigenvalue weighted by Crippen LogP contribution is -2.35. The predicted octanol–water partition coefficient (Wildman–Crippen LogP) is 2.89. The van der Waals surface area contributed by atoms with E-state index in [9.17, 15) is 18.0 Å². The minimum absolute atomic E-state index is 0.0653. The number of benzene rings is 1. The fourth-order valence-corrected chi connectivity index (χ4v) is 5.86. The molecule has 1 heterocycles. The van der Waals surface area contributed by atoms with Crippen LogP contribution >= 0.6 is 0 Å². The van der Waals surface area contributed by atoms with E-state index in [0.717, 1.165) is 74.6 Å². The van der Waals surface area contributed by atoms with Crippen LogP contribution in [0.1, 0.15) is 64.8 Å². The van der Waals surface area contributed by atoms with Crippen molar-refractivity contribution in [3.8, 4) is 0 Å². The number of nitrogens with one attached hydrogen (secondary N) is 2. The topological polar surface area (TPSA) is 110 Å². The lowest BCUT2D eigenvalue weighted by Gasteiger charge is -2.23. The minimum atomic E-state index is -4.20. The Labute approximate surface area is 181 Å². The molecular formula is C22H26N4O4S. The van der Waals surface area contributed by atoms with E-state index in [1.807, 2.05) is 0 Å². The second-order valence-electron chi connectivity index (χ2n) is 8.78. The van der Waals surface area contributed by atoms with Crippen LogP contribution in [0.2, 0.25) is 0 Å². The van der Waals surface area contributed by atoms with Crippen LogP contribution in [0.25, 0.3) is 0 Å². The molecule has 1 aromatic carbocycles. The Morgan fingerprint density at radius 1 is 1.00 bits per heavy atom. The number of sulfonamides is 1. The molecule has 0 radical (unpaired) electrons. The quantitative estimate of drug-likeness (QED) is 0.692. The van der Waals surface area contributed by atoms with Crippen molar-refractivity contribution in [2.45, 2.75) is 62.8 Å². The van der Waals surface area contributed by atoms with Gasteiger partial charge >= 0.3 is 6.03 Å². The van der Waals surface area contributed by atoms with Gasteiger partial charge in [-0.05, 0) is 73.6 Å². The van der Waals surface area contributed by atoms with Crippen LogP contribution in [0.3, 0.4) is 0 Å². The number of aromatic nitrogens is 2. The third-order valence-electron chi connectivity index (χ3n) is 6.80. The van der Waals surface area contributed by atoms with Gasteiger partial charge in [-0.15, -0.1) is 0 Å². The third-order valence-corrected chi connectivity index (χ3v) is 8.00. The van der Waals surface area contributed by atoms with Crippen LogP contribution in [0.5, 0.6) is 0 Å². The zero-order valence-electron chi connectivity index (χ0n) is 17.5. The normalized spacial score (nSPS) is 17.7. The van der Waals surface area contributed by atoms with Gasteiger partial charge in [0.05, 0.1) is 0 Å². The number of hydrogen-bond acceptors (Lipinski definition) is 5. The molecule has 2 amide bonds. The Morgan fingerprint density at radius 2 is 1.65 bits per heavy atom. The molecule has 2 aromatic rings. The molecule has 0 aliphatic heterocycles. The summed E-state index contributed by atoms with van der Waals surface area (Å²) < 4.78 is 28.9. The number of amides is 2. The first-order valence-electron chi connectivity index (χ1n) is 10.9. The summed E-state index contributed by atoms with van der Waals surface area (Å²) in [5.41, 5.74) is 5.78. The molecule has 0 unspecified atom stereocenters. The number of carbonyl (C=O) groups excluding carboxylic acids is 2. The van der Waals surface area contributed by atoms with Gasteiger partial charge in [0, 0.05) is 24.7 Å². The molecule has 0 saturated heterocycles. The fourth-order valence-electron chi connectivity index (χ4n) is 4.96. The predicted molar refractivity (Wildman–Crippen MR) is 115 cm³/mol. The zero-order valence-corrected chi connectivity index (χ0v) is 18.3. The summed E-state index contributed by atoms with van der Waals surface area (Å²) in [7, 11) is -2.66. The second-order valence-corrected chi connectivity index (χ2v) is 10.4. The van der Waals surface area contributed by atoms with E-state index in [-0.39, 0.29) is 22.4 Å². The number of aryl methyl sites for hydroxylation is 3. The van der Waals surface area contributed by atoms with Crippen LogP contribution in [0.4, 0.5) is 10.5 Å². The molecule has 9 heteroatoms. The molecule has 0 spiro atoms. The maximum atomic E-state index is 12.8. The number of carbonyl (C=O) groups is 2. The smallest absolute Gasteiger partial charge is 0.307 e. The Morgan fingerprint density at radius 3 is 2.23 bits per heavy atom. The summed E-state index contributed by atoms with van der Waals surface area (Å²) in [6.45, 7) is 0. The van der Waals surface area contributed by atoms with Crippen LogP contribution in [0.15, 0.2) is 17.2 Å². The SMILES string of the molecule is Cn1nc(S(=O)(=O)NC(=O)Nc2c3c(cc4c2CCC4)CCC3)cc1C(=O)C1CCC1. The number of Topliss-reactive ketones (excluding diaryl/α,β-unsaturated/α-hetero) is 1. The van der Waals surface area contributed by atoms with E-state index in [1.165, 1.54) is 21.9 Å². The maximum Gasteiger partial charge on any atom is 0.333 e. The van der Waals surface area contributed by atoms with Gasteiger partial charge < -0.3 is 5.32 Å². The van der Waals surface area contributed by atoms with Crippen molar-refractivity contribution >= 4 is 27.5 Å².